The largest absolute Gasteiger partial charge is 0.573 e. The zero-order valence-electron chi connectivity index (χ0n) is 13.7. The van der Waals surface area contributed by atoms with Crippen LogP contribution in [0.25, 0.3) is 0 Å². The molecule has 1 atom stereocenters. The molecule has 0 saturated heterocycles. The van der Waals surface area contributed by atoms with Crippen molar-refractivity contribution in [1.29, 1.82) is 5.26 Å². The summed E-state index contributed by atoms with van der Waals surface area (Å²) in [5, 5.41) is 11.4. The SMILES string of the molecule is COC(C(=O)NCc1ccc(C#N)cc1)c1ccc(OC(F)(F)F)cc1. The van der Waals surface area contributed by atoms with Crippen molar-refractivity contribution in [2.75, 3.05) is 7.11 Å². The second-order valence-electron chi connectivity index (χ2n) is 5.26. The number of carbonyl (C=O) groups excluding carboxylic acids is 1. The highest BCUT2D eigenvalue weighted by molar-refractivity contribution is 5.82. The second kappa shape index (κ2) is 8.36. The summed E-state index contributed by atoms with van der Waals surface area (Å²) >= 11 is 0. The lowest BCUT2D eigenvalue weighted by Crippen LogP contribution is -2.30. The number of halogens is 3. The third-order valence-electron chi connectivity index (χ3n) is 3.44. The van der Waals surface area contributed by atoms with Gasteiger partial charge >= 0.3 is 6.36 Å². The van der Waals surface area contributed by atoms with Crippen LogP contribution in [0.5, 0.6) is 5.75 Å². The van der Waals surface area contributed by atoms with Crippen molar-refractivity contribution in [2.24, 2.45) is 0 Å². The van der Waals surface area contributed by atoms with E-state index in [1.807, 2.05) is 6.07 Å². The Morgan fingerprint density at radius 1 is 1.15 bits per heavy atom. The summed E-state index contributed by atoms with van der Waals surface area (Å²) in [4.78, 5) is 12.3. The number of amides is 1. The average molecular weight is 364 g/mol. The number of hydrogen-bond acceptors (Lipinski definition) is 4. The standard InChI is InChI=1S/C18H15F3N2O3/c1-25-16(14-6-8-15(9-7-14)26-18(19,20)21)17(24)23-11-13-4-2-12(10-22)3-5-13/h2-9,16H,11H2,1H3,(H,23,24). The second-order valence-corrected chi connectivity index (χ2v) is 5.26. The molecule has 1 N–H and O–H groups in total. The van der Waals surface area contributed by atoms with Gasteiger partial charge in [-0.25, -0.2) is 0 Å². The molecule has 0 aromatic heterocycles. The Morgan fingerprint density at radius 3 is 2.27 bits per heavy atom. The fourth-order valence-corrected chi connectivity index (χ4v) is 2.22. The Bertz CT molecular complexity index is 781. The van der Waals surface area contributed by atoms with Crippen molar-refractivity contribution < 1.29 is 27.4 Å². The molecule has 0 aliphatic carbocycles. The summed E-state index contributed by atoms with van der Waals surface area (Å²) in [5.74, 6) is -0.824. The number of carbonyl (C=O) groups is 1. The summed E-state index contributed by atoms with van der Waals surface area (Å²) in [6.07, 6.45) is -5.76. The van der Waals surface area contributed by atoms with Gasteiger partial charge in [-0.15, -0.1) is 13.2 Å². The van der Waals surface area contributed by atoms with Gasteiger partial charge in [-0.05, 0) is 35.4 Å². The lowest BCUT2D eigenvalue weighted by atomic mass is 10.1. The van der Waals surface area contributed by atoms with E-state index in [2.05, 4.69) is 10.1 Å². The van der Waals surface area contributed by atoms with Crippen LogP contribution in [-0.2, 0) is 16.1 Å². The molecule has 0 saturated carbocycles. The maximum absolute atomic E-state index is 12.3. The molecule has 0 radical (unpaired) electrons. The lowest BCUT2D eigenvalue weighted by Gasteiger charge is -2.16. The summed E-state index contributed by atoms with van der Waals surface area (Å²) in [7, 11) is 1.33. The van der Waals surface area contributed by atoms with Crippen molar-refractivity contribution in [3.63, 3.8) is 0 Å². The number of nitriles is 1. The molecule has 1 amide bonds. The molecule has 0 fully saturated rings. The molecule has 0 heterocycles. The molecule has 2 aromatic rings. The van der Waals surface area contributed by atoms with E-state index in [-0.39, 0.29) is 12.3 Å². The van der Waals surface area contributed by atoms with Gasteiger partial charge in [-0.3, -0.25) is 4.79 Å². The van der Waals surface area contributed by atoms with Gasteiger partial charge in [-0.2, -0.15) is 5.26 Å². The molecule has 136 valence electrons. The van der Waals surface area contributed by atoms with E-state index >= 15 is 0 Å². The number of rotatable bonds is 6. The van der Waals surface area contributed by atoms with Crippen LogP contribution in [0, 0.1) is 11.3 Å². The number of ether oxygens (including phenoxy) is 2. The molecule has 0 aliphatic rings. The van der Waals surface area contributed by atoms with Crippen LogP contribution in [0.2, 0.25) is 0 Å². The Labute approximate surface area is 148 Å². The first-order valence-electron chi connectivity index (χ1n) is 7.47. The van der Waals surface area contributed by atoms with Gasteiger partial charge in [0.2, 0.25) is 0 Å². The third-order valence-corrected chi connectivity index (χ3v) is 3.44. The molecule has 1 unspecified atom stereocenters. The highest BCUT2D eigenvalue weighted by Crippen LogP contribution is 2.25. The van der Waals surface area contributed by atoms with Crippen molar-refractivity contribution in [1.82, 2.24) is 5.32 Å². The first-order valence-corrected chi connectivity index (χ1v) is 7.47. The summed E-state index contributed by atoms with van der Waals surface area (Å²) in [6, 6.07) is 13.6. The van der Waals surface area contributed by atoms with Crippen molar-refractivity contribution in [3.8, 4) is 11.8 Å². The van der Waals surface area contributed by atoms with Crippen LogP contribution < -0.4 is 10.1 Å². The van der Waals surface area contributed by atoms with E-state index in [0.717, 1.165) is 17.7 Å². The van der Waals surface area contributed by atoms with Gasteiger partial charge in [0, 0.05) is 13.7 Å². The van der Waals surface area contributed by atoms with Crippen molar-refractivity contribution >= 4 is 5.91 Å². The number of methoxy groups -OCH3 is 1. The van der Waals surface area contributed by atoms with E-state index in [1.165, 1.54) is 19.2 Å². The number of nitrogens with one attached hydrogen (secondary N) is 1. The quantitative estimate of drug-likeness (QED) is 0.852. The molecular formula is C18H15F3N2O3. The highest BCUT2D eigenvalue weighted by atomic mass is 19.4. The molecule has 0 spiro atoms. The Hall–Kier alpha value is -3.05. The molecule has 2 aromatic carbocycles. The highest BCUT2D eigenvalue weighted by Gasteiger charge is 2.31. The predicted octanol–water partition coefficient (Wildman–Crippen LogP) is 3.46. The molecule has 5 nitrogen and oxygen atoms in total. The minimum atomic E-state index is -4.78. The van der Waals surface area contributed by atoms with E-state index in [0.29, 0.717) is 11.1 Å². The lowest BCUT2D eigenvalue weighted by molar-refractivity contribution is -0.274. The topological polar surface area (TPSA) is 71.3 Å². The van der Waals surface area contributed by atoms with Gasteiger partial charge in [-0.1, -0.05) is 24.3 Å². The van der Waals surface area contributed by atoms with Gasteiger partial charge < -0.3 is 14.8 Å². The van der Waals surface area contributed by atoms with Crippen LogP contribution in [0.4, 0.5) is 13.2 Å². The first-order chi connectivity index (χ1) is 12.3. The Morgan fingerprint density at radius 2 is 1.77 bits per heavy atom. The monoisotopic (exact) mass is 364 g/mol. The average Bonchev–Trinajstić information content (AvgIpc) is 2.61. The fraction of sp³-hybridized carbons (Fsp3) is 0.222. The van der Waals surface area contributed by atoms with Crippen molar-refractivity contribution in [3.05, 3.63) is 65.2 Å². The molecule has 2 rings (SSSR count). The van der Waals surface area contributed by atoms with E-state index in [4.69, 9.17) is 10.00 Å². The zero-order chi connectivity index (χ0) is 19.2. The maximum Gasteiger partial charge on any atom is 0.573 e. The third kappa shape index (κ3) is 5.50. The summed E-state index contributed by atoms with van der Waals surface area (Å²) < 4.78 is 45.5. The normalized spacial score (nSPS) is 12.1. The number of benzene rings is 2. The van der Waals surface area contributed by atoms with Crippen LogP contribution in [0.15, 0.2) is 48.5 Å². The molecule has 8 heteroatoms. The number of nitrogens with zero attached hydrogens (tertiary/aromatic N) is 1. The van der Waals surface area contributed by atoms with Crippen LogP contribution in [-0.4, -0.2) is 19.4 Å². The molecule has 0 aliphatic heterocycles. The predicted molar refractivity (Wildman–Crippen MR) is 85.9 cm³/mol. The minimum Gasteiger partial charge on any atom is -0.406 e. The number of alkyl halides is 3. The smallest absolute Gasteiger partial charge is 0.406 e. The van der Waals surface area contributed by atoms with Gasteiger partial charge in [0.25, 0.3) is 5.91 Å². The minimum absolute atomic E-state index is 0.222. The fourth-order valence-electron chi connectivity index (χ4n) is 2.22. The van der Waals surface area contributed by atoms with Crippen LogP contribution in [0.3, 0.4) is 0 Å². The Kier molecular flexibility index (Phi) is 6.20. The molecule has 26 heavy (non-hydrogen) atoms. The van der Waals surface area contributed by atoms with Crippen LogP contribution in [0.1, 0.15) is 22.8 Å². The Balaban J connectivity index is 2.00. The van der Waals surface area contributed by atoms with E-state index in [1.54, 1.807) is 24.3 Å². The van der Waals surface area contributed by atoms with Gasteiger partial charge in [0.1, 0.15) is 5.75 Å². The van der Waals surface area contributed by atoms with Gasteiger partial charge in [0.15, 0.2) is 6.10 Å². The maximum atomic E-state index is 12.3. The number of hydrogen-bond donors (Lipinski definition) is 1. The van der Waals surface area contributed by atoms with Crippen LogP contribution >= 0.6 is 0 Å². The summed E-state index contributed by atoms with van der Waals surface area (Å²) in [6.45, 7) is 0.222. The first kappa shape index (κ1) is 19.3. The molecule has 0 bridgehead atoms. The summed E-state index contributed by atoms with van der Waals surface area (Å²) in [5.41, 5.74) is 1.69. The molecular weight excluding hydrogens is 349 g/mol. The van der Waals surface area contributed by atoms with E-state index in [9.17, 15) is 18.0 Å². The van der Waals surface area contributed by atoms with Gasteiger partial charge in [0.05, 0.1) is 11.6 Å². The van der Waals surface area contributed by atoms with E-state index < -0.39 is 18.4 Å². The van der Waals surface area contributed by atoms with Crippen molar-refractivity contribution in [2.45, 2.75) is 19.0 Å². The zero-order valence-corrected chi connectivity index (χ0v) is 13.7.